The lowest BCUT2D eigenvalue weighted by atomic mass is 10.3. The summed E-state index contributed by atoms with van der Waals surface area (Å²) in [5.74, 6) is 1.16. The monoisotopic (exact) mass is 216 g/mol. The summed E-state index contributed by atoms with van der Waals surface area (Å²) in [6, 6.07) is 6.88. The molecule has 4 heteroatoms. The van der Waals surface area contributed by atoms with E-state index in [0.717, 1.165) is 5.56 Å². The fourth-order valence-electron chi connectivity index (χ4n) is 1.38. The first-order valence-corrected chi connectivity index (χ1v) is 4.90. The number of aryl methyl sites for hydroxylation is 1. The predicted octanol–water partition coefficient (Wildman–Crippen LogP) is 1.55. The number of nitrogens with zero attached hydrogens (tertiary/aromatic N) is 2. The molecule has 0 aliphatic heterocycles. The van der Waals surface area contributed by atoms with E-state index in [0.29, 0.717) is 11.6 Å². The number of pyridine rings is 2. The summed E-state index contributed by atoms with van der Waals surface area (Å²) >= 11 is 0. The summed E-state index contributed by atoms with van der Waals surface area (Å²) in [6.45, 7) is 1.95. The molecule has 2 heterocycles. The highest BCUT2D eigenvalue weighted by Gasteiger charge is 2.01. The van der Waals surface area contributed by atoms with Crippen molar-refractivity contribution < 1.29 is 4.74 Å². The van der Waals surface area contributed by atoms with Gasteiger partial charge in [-0.1, -0.05) is 6.07 Å². The first kappa shape index (κ1) is 10.4. The minimum atomic E-state index is -0.157. The fraction of sp³-hybridized carbons (Fsp3) is 0.167. The van der Waals surface area contributed by atoms with E-state index < -0.39 is 0 Å². The average molecular weight is 216 g/mol. The van der Waals surface area contributed by atoms with E-state index in [-0.39, 0.29) is 5.56 Å². The first-order chi connectivity index (χ1) is 7.70. The first-order valence-electron chi connectivity index (χ1n) is 4.90. The van der Waals surface area contributed by atoms with Crippen LogP contribution in [-0.4, -0.2) is 16.7 Å². The van der Waals surface area contributed by atoms with Gasteiger partial charge in [0.2, 0.25) is 0 Å². The third kappa shape index (κ3) is 1.95. The third-order valence-corrected chi connectivity index (χ3v) is 2.27. The van der Waals surface area contributed by atoms with Gasteiger partial charge < -0.3 is 4.74 Å². The Morgan fingerprint density at radius 1 is 1.31 bits per heavy atom. The normalized spacial score (nSPS) is 10.1. The number of rotatable bonds is 2. The van der Waals surface area contributed by atoms with Gasteiger partial charge in [-0.05, 0) is 24.6 Å². The molecule has 0 atom stereocenters. The van der Waals surface area contributed by atoms with Crippen LogP contribution in [0.5, 0.6) is 5.75 Å². The van der Waals surface area contributed by atoms with Crippen LogP contribution in [0, 0.1) is 6.92 Å². The van der Waals surface area contributed by atoms with Crippen LogP contribution in [0.15, 0.2) is 41.5 Å². The second-order valence-corrected chi connectivity index (χ2v) is 3.47. The molecule has 82 valence electrons. The molecule has 0 bridgehead atoms. The summed E-state index contributed by atoms with van der Waals surface area (Å²) in [4.78, 5) is 15.9. The lowest BCUT2D eigenvalue weighted by Gasteiger charge is -2.05. The van der Waals surface area contributed by atoms with E-state index in [9.17, 15) is 4.79 Å². The molecule has 0 aromatic carbocycles. The second kappa shape index (κ2) is 4.18. The topological polar surface area (TPSA) is 44.1 Å². The number of aromatic nitrogens is 2. The minimum Gasteiger partial charge on any atom is -0.497 e. The van der Waals surface area contributed by atoms with Gasteiger partial charge in [-0.3, -0.25) is 9.36 Å². The summed E-state index contributed by atoms with van der Waals surface area (Å²) < 4.78 is 6.45. The molecular weight excluding hydrogens is 204 g/mol. The van der Waals surface area contributed by atoms with Crippen LogP contribution >= 0.6 is 0 Å². The van der Waals surface area contributed by atoms with Gasteiger partial charge in [-0.15, -0.1) is 0 Å². The van der Waals surface area contributed by atoms with Gasteiger partial charge in [0.05, 0.1) is 7.11 Å². The van der Waals surface area contributed by atoms with Gasteiger partial charge in [0.25, 0.3) is 5.56 Å². The second-order valence-electron chi connectivity index (χ2n) is 3.47. The van der Waals surface area contributed by atoms with Crippen molar-refractivity contribution >= 4 is 0 Å². The van der Waals surface area contributed by atoms with Gasteiger partial charge in [0.1, 0.15) is 11.6 Å². The Hall–Kier alpha value is -2.10. The Morgan fingerprint density at radius 2 is 2.12 bits per heavy atom. The zero-order valence-electron chi connectivity index (χ0n) is 9.18. The van der Waals surface area contributed by atoms with Crippen LogP contribution in [0.4, 0.5) is 0 Å². The molecule has 0 unspecified atom stereocenters. The van der Waals surface area contributed by atoms with Crippen LogP contribution in [0.1, 0.15) is 5.56 Å². The molecule has 4 nitrogen and oxygen atoms in total. The van der Waals surface area contributed by atoms with Gasteiger partial charge in [0.15, 0.2) is 0 Å². The van der Waals surface area contributed by atoms with E-state index in [2.05, 4.69) is 4.98 Å². The van der Waals surface area contributed by atoms with Crippen molar-refractivity contribution in [3.63, 3.8) is 0 Å². The zero-order valence-corrected chi connectivity index (χ0v) is 9.18. The molecule has 0 spiro atoms. The quantitative estimate of drug-likeness (QED) is 0.765. The molecule has 16 heavy (non-hydrogen) atoms. The molecule has 0 N–H and O–H groups in total. The van der Waals surface area contributed by atoms with Gasteiger partial charge in [0, 0.05) is 18.5 Å². The molecule has 0 saturated carbocycles. The Morgan fingerprint density at radius 3 is 2.69 bits per heavy atom. The minimum absolute atomic E-state index is 0.157. The van der Waals surface area contributed by atoms with Crippen molar-refractivity contribution in [2.75, 3.05) is 7.11 Å². The molecule has 2 aromatic heterocycles. The standard InChI is InChI=1S/C12H12N2O2/c1-9-3-4-11(13-8-9)14-6-5-10(16-2)7-12(14)15/h3-8H,1-2H3. The van der Waals surface area contributed by atoms with E-state index >= 15 is 0 Å². The molecule has 2 aromatic rings. The van der Waals surface area contributed by atoms with Crippen LogP contribution in [0.25, 0.3) is 5.82 Å². The highest BCUT2D eigenvalue weighted by Crippen LogP contribution is 2.07. The smallest absolute Gasteiger partial charge is 0.259 e. The van der Waals surface area contributed by atoms with Crippen molar-refractivity contribution in [1.82, 2.24) is 9.55 Å². The maximum absolute atomic E-state index is 11.7. The predicted molar refractivity (Wildman–Crippen MR) is 61.1 cm³/mol. The van der Waals surface area contributed by atoms with Crippen LogP contribution in [0.2, 0.25) is 0 Å². The van der Waals surface area contributed by atoms with Crippen molar-refractivity contribution in [2.45, 2.75) is 6.92 Å². The summed E-state index contributed by atoms with van der Waals surface area (Å²) in [5, 5.41) is 0. The van der Waals surface area contributed by atoms with E-state index in [1.54, 1.807) is 18.5 Å². The maximum atomic E-state index is 11.7. The van der Waals surface area contributed by atoms with Crippen LogP contribution < -0.4 is 10.3 Å². The van der Waals surface area contributed by atoms with Gasteiger partial charge >= 0.3 is 0 Å². The van der Waals surface area contributed by atoms with Gasteiger partial charge in [-0.25, -0.2) is 4.98 Å². The number of ether oxygens (including phenoxy) is 1. The Balaban J connectivity index is 2.48. The van der Waals surface area contributed by atoms with Crippen LogP contribution in [-0.2, 0) is 0 Å². The van der Waals surface area contributed by atoms with Gasteiger partial charge in [-0.2, -0.15) is 0 Å². The largest absolute Gasteiger partial charge is 0.497 e. The Kier molecular flexibility index (Phi) is 2.72. The summed E-state index contributed by atoms with van der Waals surface area (Å²) in [7, 11) is 1.53. The fourth-order valence-corrected chi connectivity index (χ4v) is 1.38. The van der Waals surface area contributed by atoms with E-state index in [1.807, 2.05) is 19.1 Å². The van der Waals surface area contributed by atoms with Crippen molar-refractivity contribution in [1.29, 1.82) is 0 Å². The molecule has 0 amide bonds. The van der Waals surface area contributed by atoms with E-state index in [4.69, 9.17) is 4.74 Å². The van der Waals surface area contributed by atoms with Crippen LogP contribution in [0.3, 0.4) is 0 Å². The van der Waals surface area contributed by atoms with Crippen molar-refractivity contribution in [3.05, 3.63) is 52.6 Å². The lowest BCUT2D eigenvalue weighted by molar-refractivity contribution is 0.413. The third-order valence-electron chi connectivity index (χ3n) is 2.27. The maximum Gasteiger partial charge on any atom is 0.259 e. The zero-order chi connectivity index (χ0) is 11.5. The highest BCUT2D eigenvalue weighted by atomic mass is 16.5. The number of methoxy groups -OCH3 is 1. The number of hydrogen-bond donors (Lipinski definition) is 0. The SMILES string of the molecule is COc1ccn(-c2ccc(C)cn2)c(=O)c1. The molecule has 2 rings (SSSR count). The van der Waals surface area contributed by atoms with Crippen molar-refractivity contribution in [2.24, 2.45) is 0 Å². The molecule has 0 radical (unpaired) electrons. The average Bonchev–Trinajstić information content (AvgIpc) is 2.30. The molecule has 0 aliphatic rings. The molecule has 0 saturated heterocycles. The summed E-state index contributed by atoms with van der Waals surface area (Å²) in [5.41, 5.74) is 0.904. The number of hydrogen-bond acceptors (Lipinski definition) is 3. The van der Waals surface area contributed by atoms with Crippen molar-refractivity contribution in [3.8, 4) is 11.6 Å². The molecule has 0 aliphatic carbocycles. The summed E-state index contributed by atoms with van der Waals surface area (Å²) in [6.07, 6.45) is 3.38. The van der Waals surface area contributed by atoms with E-state index in [1.165, 1.54) is 17.7 Å². The Bertz CT molecular complexity index is 544. The molecular formula is C12H12N2O2. The molecule has 0 fully saturated rings. The highest BCUT2D eigenvalue weighted by molar-refractivity contribution is 5.28. The Labute approximate surface area is 93.1 Å². The lowest BCUT2D eigenvalue weighted by Crippen LogP contribution is -2.17.